The second kappa shape index (κ2) is 7.42. The summed E-state index contributed by atoms with van der Waals surface area (Å²) >= 11 is 0. The Balaban J connectivity index is 2.04. The normalized spacial score (nSPS) is 17.1. The summed E-state index contributed by atoms with van der Waals surface area (Å²) in [5.74, 6) is -0.292. The molecule has 136 valence electrons. The van der Waals surface area contributed by atoms with Crippen molar-refractivity contribution >= 4 is 29.4 Å². The van der Waals surface area contributed by atoms with E-state index in [0.29, 0.717) is 24.3 Å². The average molecular weight is 348 g/mol. The van der Waals surface area contributed by atoms with E-state index < -0.39 is 23.8 Å². The molecule has 1 aliphatic rings. The van der Waals surface area contributed by atoms with Gasteiger partial charge in [0.1, 0.15) is 11.6 Å². The molecule has 8 nitrogen and oxygen atoms in total. The Bertz CT molecular complexity index is 669. The average Bonchev–Trinajstić information content (AvgIpc) is 2.94. The molecule has 0 spiro atoms. The fourth-order valence-electron chi connectivity index (χ4n) is 2.62. The number of carbonyl (C=O) groups is 3. The van der Waals surface area contributed by atoms with Gasteiger partial charge in [0.15, 0.2) is 0 Å². The molecular weight excluding hydrogens is 324 g/mol. The van der Waals surface area contributed by atoms with Crippen molar-refractivity contribution in [3.63, 3.8) is 0 Å². The SMILES string of the molecule is CC(C)(C)OC(=O)N1CCC[C@@H]1C(=O)Nc1cccc(NC(N)=O)c1. The van der Waals surface area contributed by atoms with Crippen molar-refractivity contribution in [2.75, 3.05) is 17.2 Å². The number of hydrogen-bond acceptors (Lipinski definition) is 4. The maximum absolute atomic E-state index is 12.6. The van der Waals surface area contributed by atoms with Crippen LogP contribution in [0.3, 0.4) is 0 Å². The largest absolute Gasteiger partial charge is 0.444 e. The Morgan fingerprint density at radius 2 is 1.84 bits per heavy atom. The highest BCUT2D eigenvalue weighted by Crippen LogP contribution is 2.23. The zero-order valence-electron chi connectivity index (χ0n) is 14.7. The zero-order valence-corrected chi connectivity index (χ0v) is 14.7. The Hall–Kier alpha value is -2.77. The summed E-state index contributed by atoms with van der Waals surface area (Å²) in [5, 5.41) is 5.21. The summed E-state index contributed by atoms with van der Waals surface area (Å²) in [6.45, 7) is 5.84. The summed E-state index contributed by atoms with van der Waals surface area (Å²) in [6.07, 6.45) is 0.819. The van der Waals surface area contributed by atoms with E-state index in [0.717, 1.165) is 6.42 Å². The molecule has 1 saturated heterocycles. The van der Waals surface area contributed by atoms with Crippen molar-refractivity contribution in [2.45, 2.75) is 45.3 Å². The van der Waals surface area contributed by atoms with Crippen LogP contribution >= 0.6 is 0 Å². The monoisotopic (exact) mass is 348 g/mol. The predicted molar refractivity (Wildman–Crippen MR) is 94.2 cm³/mol. The van der Waals surface area contributed by atoms with Crippen LogP contribution in [-0.4, -0.2) is 41.1 Å². The number of urea groups is 1. The number of likely N-dealkylation sites (tertiary alicyclic amines) is 1. The number of primary amides is 1. The van der Waals surface area contributed by atoms with E-state index in [1.165, 1.54) is 4.90 Å². The van der Waals surface area contributed by atoms with Gasteiger partial charge in [0, 0.05) is 17.9 Å². The number of nitrogens with one attached hydrogen (secondary N) is 2. The minimum atomic E-state index is -0.685. The van der Waals surface area contributed by atoms with E-state index in [2.05, 4.69) is 10.6 Å². The molecule has 0 bridgehead atoms. The van der Waals surface area contributed by atoms with Gasteiger partial charge in [0.2, 0.25) is 5.91 Å². The van der Waals surface area contributed by atoms with Gasteiger partial charge in [0.25, 0.3) is 0 Å². The third kappa shape index (κ3) is 5.37. The molecule has 0 aromatic heterocycles. The third-order valence-corrected chi connectivity index (χ3v) is 3.58. The topological polar surface area (TPSA) is 114 Å². The van der Waals surface area contributed by atoms with E-state index in [4.69, 9.17) is 10.5 Å². The Labute approximate surface area is 146 Å². The molecule has 1 aliphatic heterocycles. The van der Waals surface area contributed by atoms with E-state index >= 15 is 0 Å². The fourth-order valence-corrected chi connectivity index (χ4v) is 2.62. The van der Waals surface area contributed by atoms with E-state index in [9.17, 15) is 14.4 Å². The van der Waals surface area contributed by atoms with Gasteiger partial charge < -0.3 is 21.1 Å². The number of anilines is 2. The molecule has 0 aliphatic carbocycles. The van der Waals surface area contributed by atoms with Gasteiger partial charge in [-0.15, -0.1) is 0 Å². The van der Waals surface area contributed by atoms with Crippen LogP contribution in [0, 0.1) is 0 Å². The van der Waals surface area contributed by atoms with Crippen LogP contribution in [0.15, 0.2) is 24.3 Å². The number of carbonyl (C=O) groups excluding carboxylic acids is 3. The Morgan fingerprint density at radius 3 is 2.44 bits per heavy atom. The van der Waals surface area contributed by atoms with E-state index in [-0.39, 0.29) is 5.91 Å². The molecule has 0 radical (unpaired) electrons. The number of amides is 4. The van der Waals surface area contributed by atoms with Gasteiger partial charge in [-0.3, -0.25) is 9.69 Å². The molecule has 1 heterocycles. The standard InChI is InChI=1S/C17H24N4O4/c1-17(2,3)25-16(24)21-9-5-8-13(21)14(22)19-11-6-4-7-12(10-11)20-15(18)23/h4,6-7,10,13H,5,8-9H2,1-3H3,(H,19,22)(H3,18,20,23)/t13-/m1/s1. The summed E-state index contributed by atoms with van der Waals surface area (Å²) in [7, 11) is 0. The minimum Gasteiger partial charge on any atom is -0.444 e. The van der Waals surface area contributed by atoms with E-state index in [1.807, 2.05) is 0 Å². The van der Waals surface area contributed by atoms with Crippen molar-refractivity contribution in [1.82, 2.24) is 4.90 Å². The summed E-state index contributed by atoms with van der Waals surface area (Å²) in [6, 6.07) is 5.36. The lowest BCUT2D eigenvalue weighted by Gasteiger charge is -2.28. The van der Waals surface area contributed by atoms with Gasteiger partial charge in [-0.2, -0.15) is 0 Å². The highest BCUT2D eigenvalue weighted by atomic mass is 16.6. The van der Waals surface area contributed by atoms with Gasteiger partial charge in [-0.25, -0.2) is 9.59 Å². The molecule has 1 aromatic rings. The van der Waals surface area contributed by atoms with Crippen LogP contribution in [0.4, 0.5) is 21.0 Å². The first-order chi connectivity index (χ1) is 11.7. The fraction of sp³-hybridized carbons (Fsp3) is 0.471. The zero-order chi connectivity index (χ0) is 18.6. The number of hydrogen-bond donors (Lipinski definition) is 3. The summed E-state index contributed by atoms with van der Waals surface area (Å²) < 4.78 is 5.36. The van der Waals surface area contributed by atoms with Crippen LogP contribution in [0.1, 0.15) is 33.6 Å². The lowest BCUT2D eigenvalue weighted by Crippen LogP contribution is -2.45. The smallest absolute Gasteiger partial charge is 0.410 e. The lowest BCUT2D eigenvalue weighted by molar-refractivity contribution is -0.120. The molecular formula is C17H24N4O4. The summed E-state index contributed by atoms with van der Waals surface area (Å²) in [4.78, 5) is 37.2. The third-order valence-electron chi connectivity index (χ3n) is 3.58. The van der Waals surface area contributed by atoms with Crippen LogP contribution in [-0.2, 0) is 9.53 Å². The van der Waals surface area contributed by atoms with Crippen LogP contribution < -0.4 is 16.4 Å². The molecule has 1 fully saturated rings. The van der Waals surface area contributed by atoms with Crippen molar-refractivity contribution < 1.29 is 19.1 Å². The van der Waals surface area contributed by atoms with Crippen LogP contribution in [0.25, 0.3) is 0 Å². The first kappa shape index (κ1) is 18.6. The van der Waals surface area contributed by atoms with E-state index in [1.54, 1.807) is 45.0 Å². The van der Waals surface area contributed by atoms with Gasteiger partial charge in [-0.1, -0.05) is 6.07 Å². The number of nitrogens with two attached hydrogens (primary N) is 1. The number of ether oxygens (including phenoxy) is 1. The molecule has 8 heteroatoms. The molecule has 0 saturated carbocycles. The maximum Gasteiger partial charge on any atom is 0.410 e. The molecule has 4 N–H and O–H groups in total. The van der Waals surface area contributed by atoms with Crippen LogP contribution in [0.2, 0.25) is 0 Å². The minimum absolute atomic E-state index is 0.292. The Kier molecular flexibility index (Phi) is 5.51. The van der Waals surface area contributed by atoms with Crippen molar-refractivity contribution in [2.24, 2.45) is 5.73 Å². The van der Waals surface area contributed by atoms with Gasteiger partial charge >= 0.3 is 12.1 Å². The number of nitrogens with zero attached hydrogens (tertiary/aromatic N) is 1. The highest BCUT2D eigenvalue weighted by Gasteiger charge is 2.36. The number of rotatable bonds is 3. The first-order valence-corrected chi connectivity index (χ1v) is 8.13. The first-order valence-electron chi connectivity index (χ1n) is 8.13. The molecule has 2 rings (SSSR count). The van der Waals surface area contributed by atoms with Crippen molar-refractivity contribution in [1.29, 1.82) is 0 Å². The maximum atomic E-state index is 12.6. The van der Waals surface area contributed by atoms with Gasteiger partial charge in [-0.05, 0) is 51.8 Å². The lowest BCUT2D eigenvalue weighted by atomic mass is 10.2. The molecule has 1 aromatic carbocycles. The second-order valence-corrected chi connectivity index (χ2v) is 6.89. The molecule has 25 heavy (non-hydrogen) atoms. The second-order valence-electron chi connectivity index (χ2n) is 6.89. The summed E-state index contributed by atoms with van der Waals surface area (Å²) in [5.41, 5.74) is 5.45. The number of benzene rings is 1. The highest BCUT2D eigenvalue weighted by molar-refractivity contribution is 5.97. The van der Waals surface area contributed by atoms with Gasteiger partial charge in [0.05, 0.1) is 0 Å². The molecule has 1 atom stereocenters. The Morgan fingerprint density at radius 1 is 1.20 bits per heavy atom. The predicted octanol–water partition coefficient (Wildman–Crippen LogP) is 2.52. The van der Waals surface area contributed by atoms with Crippen LogP contribution in [0.5, 0.6) is 0 Å². The van der Waals surface area contributed by atoms with Crippen molar-refractivity contribution in [3.05, 3.63) is 24.3 Å². The molecule has 4 amide bonds. The van der Waals surface area contributed by atoms with Crippen molar-refractivity contribution in [3.8, 4) is 0 Å². The molecule has 0 unspecified atom stereocenters. The quantitative estimate of drug-likeness (QED) is 0.778.